The van der Waals surface area contributed by atoms with E-state index in [1.165, 1.54) is 18.2 Å². The number of halogens is 2. The van der Waals surface area contributed by atoms with E-state index < -0.39 is 17.8 Å². The molecule has 1 aliphatic carbocycles. The molecule has 1 aliphatic rings. The molecule has 0 fully saturated rings. The van der Waals surface area contributed by atoms with Gasteiger partial charge >= 0.3 is 5.97 Å². The van der Waals surface area contributed by atoms with Crippen LogP contribution in [0.25, 0.3) is 5.57 Å². The summed E-state index contributed by atoms with van der Waals surface area (Å²) in [7, 11) is 0. The van der Waals surface area contributed by atoms with E-state index >= 15 is 0 Å². The zero-order valence-corrected chi connectivity index (χ0v) is 13.2. The molecule has 0 aromatic heterocycles. The average Bonchev–Trinajstić information content (AvgIpc) is 2.57. The molecule has 5 heteroatoms. The van der Waals surface area contributed by atoms with Crippen molar-refractivity contribution in [1.29, 1.82) is 5.26 Å². The van der Waals surface area contributed by atoms with E-state index in [4.69, 9.17) is 5.26 Å². The lowest BCUT2D eigenvalue weighted by Gasteiger charge is -2.21. The minimum Gasteiger partial charge on any atom is -0.478 e. The van der Waals surface area contributed by atoms with Crippen molar-refractivity contribution in [3.05, 3.63) is 65.3 Å². The molecule has 0 amide bonds. The number of aryl methyl sites for hydroxylation is 1. The first kappa shape index (κ1) is 17.6. The quantitative estimate of drug-likeness (QED) is 0.814. The molecule has 3 nitrogen and oxygen atoms in total. The standard InChI is InChI=1S/C19H17F2NO2/c1-2-3-4-5-13-6-7-15(18(23)24)16(10-13)14-8-9-19(21,12-22)17(20)11-14/h2-3,6-11,17H,4-5H2,1H3,(H,23,24). The van der Waals surface area contributed by atoms with Crippen LogP contribution in [0, 0.1) is 11.3 Å². The molecule has 1 N–H and O–H groups in total. The zero-order valence-electron chi connectivity index (χ0n) is 13.2. The van der Waals surface area contributed by atoms with Gasteiger partial charge in [0.25, 0.3) is 0 Å². The van der Waals surface area contributed by atoms with E-state index in [-0.39, 0.29) is 11.1 Å². The minimum atomic E-state index is -2.71. The highest BCUT2D eigenvalue weighted by Gasteiger charge is 2.38. The molecule has 0 saturated heterocycles. The minimum absolute atomic E-state index is 0.0104. The van der Waals surface area contributed by atoms with Crippen molar-refractivity contribution in [3.8, 4) is 6.07 Å². The first-order valence-corrected chi connectivity index (χ1v) is 7.54. The van der Waals surface area contributed by atoms with Gasteiger partial charge < -0.3 is 5.11 Å². The summed E-state index contributed by atoms with van der Waals surface area (Å²) >= 11 is 0. The molecule has 24 heavy (non-hydrogen) atoms. The van der Waals surface area contributed by atoms with Gasteiger partial charge in [-0.15, -0.1) is 0 Å². The number of carboxylic acids is 1. The largest absolute Gasteiger partial charge is 0.478 e. The Balaban J connectivity index is 2.43. The molecule has 2 atom stereocenters. The van der Waals surface area contributed by atoms with E-state index in [1.807, 2.05) is 19.1 Å². The van der Waals surface area contributed by atoms with Crippen LogP contribution in [-0.2, 0) is 6.42 Å². The first-order valence-electron chi connectivity index (χ1n) is 7.54. The first-order chi connectivity index (χ1) is 11.4. The van der Waals surface area contributed by atoms with E-state index in [0.717, 1.165) is 24.1 Å². The summed E-state index contributed by atoms with van der Waals surface area (Å²) in [4.78, 5) is 11.4. The van der Waals surface area contributed by atoms with Gasteiger partial charge in [0.15, 0.2) is 6.17 Å². The van der Waals surface area contributed by atoms with E-state index in [9.17, 15) is 18.7 Å². The number of allylic oxidation sites excluding steroid dienone is 6. The summed E-state index contributed by atoms with van der Waals surface area (Å²) in [6, 6.07) is 6.14. The summed E-state index contributed by atoms with van der Waals surface area (Å²) < 4.78 is 27.9. The van der Waals surface area contributed by atoms with Crippen LogP contribution >= 0.6 is 0 Å². The Kier molecular flexibility index (Phi) is 5.30. The number of nitriles is 1. The SMILES string of the molecule is CC=CCCc1ccc(C(=O)O)c(C2=CC(F)C(F)(C#N)C=C2)c1. The zero-order chi connectivity index (χ0) is 17.7. The van der Waals surface area contributed by atoms with Crippen molar-refractivity contribution in [3.63, 3.8) is 0 Å². The van der Waals surface area contributed by atoms with Crippen LogP contribution in [0.15, 0.2) is 48.6 Å². The van der Waals surface area contributed by atoms with Crippen molar-refractivity contribution in [2.75, 3.05) is 0 Å². The third-order valence-electron chi connectivity index (χ3n) is 3.86. The fourth-order valence-electron chi connectivity index (χ4n) is 2.50. The highest BCUT2D eigenvalue weighted by molar-refractivity contribution is 5.96. The van der Waals surface area contributed by atoms with Crippen molar-refractivity contribution < 1.29 is 18.7 Å². The second-order valence-corrected chi connectivity index (χ2v) is 5.53. The van der Waals surface area contributed by atoms with Gasteiger partial charge in [0.2, 0.25) is 5.67 Å². The van der Waals surface area contributed by atoms with Gasteiger partial charge in [0.1, 0.15) is 6.07 Å². The Morgan fingerprint density at radius 1 is 1.50 bits per heavy atom. The summed E-state index contributed by atoms with van der Waals surface area (Å²) in [6.45, 7) is 1.91. The Hall–Kier alpha value is -2.74. The number of hydrogen-bond donors (Lipinski definition) is 1. The number of hydrogen-bond acceptors (Lipinski definition) is 2. The van der Waals surface area contributed by atoms with Crippen LogP contribution in [0.1, 0.15) is 34.8 Å². The van der Waals surface area contributed by atoms with Crippen LogP contribution in [0.2, 0.25) is 0 Å². The normalized spacial score (nSPS) is 23.1. The van der Waals surface area contributed by atoms with Crippen molar-refractivity contribution in [2.24, 2.45) is 0 Å². The molecule has 2 rings (SSSR count). The van der Waals surface area contributed by atoms with Crippen LogP contribution in [0.4, 0.5) is 8.78 Å². The van der Waals surface area contributed by atoms with Gasteiger partial charge in [-0.3, -0.25) is 0 Å². The van der Waals surface area contributed by atoms with Gasteiger partial charge in [-0.25, -0.2) is 13.6 Å². The van der Waals surface area contributed by atoms with E-state index in [1.54, 1.807) is 12.1 Å². The predicted molar refractivity (Wildman–Crippen MR) is 88.0 cm³/mol. The van der Waals surface area contributed by atoms with Crippen LogP contribution in [0.5, 0.6) is 0 Å². The number of nitrogens with zero attached hydrogens (tertiary/aromatic N) is 1. The number of aromatic carboxylic acids is 1. The molecule has 1 aromatic carbocycles. The lowest BCUT2D eigenvalue weighted by molar-refractivity contribution is 0.0696. The van der Waals surface area contributed by atoms with Crippen LogP contribution in [0.3, 0.4) is 0 Å². The van der Waals surface area contributed by atoms with E-state index in [0.29, 0.717) is 12.0 Å². The Morgan fingerprint density at radius 2 is 2.25 bits per heavy atom. The van der Waals surface area contributed by atoms with Gasteiger partial charge in [-0.1, -0.05) is 30.4 Å². The summed E-state index contributed by atoms with van der Waals surface area (Å²) in [5.74, 6) is -1.15. The topological polar surface area (TPSA) is 61.1 Å². The van der Waals surface area contributed by atoms with Gasteiger partial charge in [0.05, 0.1) is 5.56 Å². The van der Waals surface area contributed by atoms with E-state index in [2.05, 4.69) is 0 Å². The summed E-state index contributed by atoms with van der Waals surface area (Å²) in [6.07, 6.45) is 6.34. The number of benzene rings is 1. The van der Waals surface area contributed by atoms with Gasteiger partial charge in [-0.2, -0.15) is 5.26 Å². The lowest BCUT2D eigenvalue weighted by atomic mass is 9.87. The third-order valence-corrected chi connectivity index (χ3v) is 3.86. The second-order valence-electron chi connectivity index (χ2n) is 5.53. The molecule has 0 bridgehead atoms. The molecule has 124 valence electrons. The Labute approximate surface area is 139 Å². The van der Waals surface area contributed by atoms with Gasteiger partial charge in [0, 0.05) is 0 Å². The third kappa shape index (κ3) is 3.60. The Morgan fingerprint density at radius 3 is 2.83 bits per heavy atom. The van der Waals surface area contributed by atoms with Gasteiger partial charge in [-0.05, 0) is 54.7 Å². The maximum Gasteiger partial charge on any atom is 0.336 e. The molecule has 0 spiro atoms. The molecular formula is C19H17F2NO2. The number of alkyl halides is 2. The second kappa shape index (κ2) is 7.22. The number of rotatable bonds is 5. The monoisotopic (exact) mass is 329 g/mol. The maximum atomic E-state index is 14.0. The fourth-order valence-corrected chi connectivity index (χ4v) is 2.50. The average molecular weight is 329 g/mol. The van der Waals surface area contributed by atoms with Crippen LogP contribution < -0.4 is 0 Å². The fraction of sp³-hybridized carbons (Fsp3) is 0.263. The molecule has 1 aromatic rings. The maximum absolute atomic E-state index is 14.0. The number of carbonyl (C=O) groups is 1. The van der Waals surface area contributed by atoms with Crippen molar-refractivity contribution in [1.82, 2.24) is 0 Å². The molecule has 0 saturated carbocycles. The molecule has 0 radical (unpaired) electrons. The summed E-state index contributed by atoms with van der Waals surface area (Å²) in [5, 5.41) is 18.1. The summed E-state index contributed by atoms with van der Waals surface area (Å²) in [5.41, 5.74) is -1.22. The van der Waals surface area contributed by atoms with Crippen LogP contribution in [-0.4, -0.2) is 22.9 Å². The molecule has 0 aliphatic heterocycles. The lowest BCUT2D eigenvalue weighted by Crippen LogP contribution is -2.31. The molecule has 2 unspecified atom stereocenters. The Bertz CT molecular complexity index is 774. The smallest absolute Gasteiger partial charge is 0.336 e. The molecule has 0 heterocycles. The predicted octanol–water partition coefficient (Wildman–Crippen LogP) is 4.42. The molecular weight excluding hydrogens is 312 g/mol. The number of carboxylic acid groups (broad SMARTS) is 1. The highest BCUT2D eigenvalue weighted by Crippen LogP contribution is 2.33. The van der Waals surface area contributed by atoms with Crippen molar-refractivity contribution in [2.45, 2.75) is 31.6 Å². The van der Waals surface area contributed by atoms with Crippen molar-refractivity contribution >= 4 is 11.5 Å². The highest BCUT2D eigenvalue weighted by atomic mass is 19.2.